The Morgan fingerprint density at radius 3 is 2.29 bits per heavy atom. The predicted octanol–water partition coefficient (Wildman–Crippen LogP) is 7.18. The van der Waals surface area contributed by atoms with Gasteiger partial charge in [-0.05, 0) is 104 Å². The zero-order valence-electron chi connectivity index (χ0n) is 23.0. The van der Waals surface area contributed by atoms with Crippen LogP contribution < -0.4 is 10.2 Å². The van der Waals surface area contributed by atoms with Crippen LogP contribution in [0.2, 0.25) is 0 Å². The maximum absolute atomic E-state index is 11.0. The van der Waals surface area contributed by atoms with Crippen molar-refractivity contribution in [3.8, 4) is 0 Å². The second-order valence-corrected chi connectivity index (χ2v) is 11.6. The molecule has 0 bridgehead atoms. The molecular weight excluding hydrogens is 565 g/mol. The van der Waals surface area contributed by atoms with Crippen LogP contribution in [0.4, 0.5) is 11.4 Å². The van der Waals surface area contributed by atoms with Crippen molar-refractivity contribution in [2.75, 3.05) is 4.90 Å². The number of pyridine rings is 2. The lowest BCUT2D eigenvalue weighted by atomic mass is 9.96. The first kappa shape index (κ1) is 27.6. The highest BCUT2D eigenvalue weighted by molar-refractivity contribution is 7.99. The highest BCUT2D eigenvalue weighted by atomic mass is 32.2. The predicted molar refractivity (Wildman–Crippen MR) is 169 cm³/mol. The van der Waals surface area contributed by atoms with E-state index in [-0.39, 0.29) is 22.7 Å². The summed E-state index contributed by atoms with van der Waals surface area (Å²) in [5, 5.41) is 15.2. The van der Waals surface area contributed by atoms with Crippen molar-refractivity contribution in [1.29, 1.82) is 0 Å². The molecule has 1 aliphatic heterocycles. The molecule has 42 heavy (non-hydrogen) atoms. The normalized spacial score (nSPS) is 16.4. The summed E-state index contributed by atoms with van der Waals surface area (Å²) in [6.45, 7) is 5.07. The summed E-state index contributed by atoms with van der Waals surface area (Å²) in [4.78, 5) is 23.6. The van der Waals surface area contributed by atoms with Crippen LogP contribution in [0, 0.1) is 24.0 Å². The van der Waals surface area contributed by atoms with Crippen LogP contribution in [0.1, 0.15) is 40.3 Å². The van der Waals surface area contributed by atoms with Crippen molar-refractivity contribution >= 4 is 40.5 Å². The number of aryl methyl sites for hydroxylation is 1. The van der Waals surface area contributed by atoms with E-state index in [0.29, 0.717) is 5.11 Å². The van der Waals surface area contributed by atoms with E-state index in [0.717, 1.165) is 27.7 Å². The van der Waals surface area contributed by atoms with E-state index in [4.69, 9.17) is 17.2 Å². The molecule has 1 N–H and O–H groups in total. The summed E-state index contributed by atoms with van der Waals surface area (Å²) in [5.41, 5.74) is 6.72. The minimum Gasteiger partial charge on any atom is -0.351 e. The molecule has 0 radical (unpaired) electrons. The molecule has 1 saturated heterocycles. The number of aromatic nitrogens is 3. The highest BCUT2D eigenvalue weighted by Crippen LogP contribution is 2.44. The molecular formula is C32H28N6O2S2. The summed E-state index contributed by atoms with van der Waals surface area (Å²) in [6, 6.07) is 26.9. The zero-order chi connectivity index (χ0) is 29.2. The Labute approximate surface area is 253 Å². The van der Waals surface area contributed by atoms with E-state index >= 15 is 0 Å². The van der Waals surface area contributed by atoms with Crippen molar-refractivity contribution < 1.29 is 4.92 Å². The van der Waals surface area contributed by atoms with Gasteiger partial charge < -0.3 is 14.8 Å². The van der Waals surface area contributed by atoms with Crippen LogP contribution in [0.3, 0.4) is 0 Å². The third kappa shape index (κ3) is 5.50. The van der Waals surface area contributed by atoms with Crippen LogP contribution in [0.15, 0.2) is 113 Å². The standard InChI is InChI=1S/C32H28N6O2S2/c1-21-19-28(22(2)36(21)20-23-14-17-33-18-15-23)31-30(29-5-3-4-16-34-29)35-32(41)37(31)24-6-10-26(11-7-24)42-27-12-8-25(9-13-27)38(39)40/h3-19,30-31H,20H2,1-2H3,(H,35,41)/t30-,31-/m1/s1. The highest BCUT2D eigenvalue weighted by Gasteiger charge is 2.42. The first-order chi connectivity index (χ1) is 20.4. The summed E-state index contributed by atoms with van der Waals surface area (Å²) >= 11 is 7.50. The molecule has 10 heteroatoms. The van der Waals surface area contributed by atoms with Crippen LogP contribution in [-0.4, -0.2) is 24.6 Å². The van der Waals surface area contributed by atoms with Crippen LogP contribution >= 0.6 is 24.0 Å². The quantitative estimate of drug-likeness (QED) is 0.115. The number of rotatable bonds is 8. The molecule has 1 aliphatic rings. The Bertz CT molecular complexity index is 1730. The Morgan fingerprint density at radius 1 is 0.952 bits per heavy atom. The Morgan fingerprint density at radius 2 is 1.64 bits per heavy atom. The number of nitrogens with one attached hydrogen (secondary N) is 1. The Balaban J connectivity index is 1.34. The number of nitro benzene ring substituents is 1. The topological polar surface area (TPSA) is 89.1 Å². The second-order valence-electron chi connectivity index (χ2n) is 10.1. The average molecular weight is 593 g/mol. The van der Waals surface area contributed by atoms with Gasteiger partial charge >= 0.3 is 0 Å². The fourth-order valence-electron chi connectivity index (χ4n) is 5.44. The lowest BCUT2D eigenvalue weighted by Gasteiger charge is -2.28. The largest absolute Gasteiger partial charge is 0.351 e. The lowest BCUT2D eigenvalue weighted by molar-refractivity contribution is -0.384. The molecule has 2 aromatic carbocycles. The molecule has 0 spiro atoms. The van der Waals surface area contributed by atoms with Crippen molar-refractivity contribution in [3.05, 3.63) is 142 Å². The Hall–Kier alpha value is -4.54. The van der Waals surface area contributed by atoms with Gasteiger partial charge in [-0.2, -0.15) is 0 Å². The first-order valence-electron chi connectivity index (χ1n) is 13.5. The number of hydrogen-bond acceptors (Lipinski definition) is 6. The second kappa shape index (κ2) is 11.8. The molecule has 6 rings (SSSR count). The van der Waals surface area contributed by atoms with Gasteiger partial charge in [-0.25, -0.2) is 0 Å². The number of nitro groups is 1. The third-order valence-corrected chi connectivity index (χ3v) is 8.85. The minimum absolute atomic E-state index is 0.0818. The van der Waals surface area contributed by atoms with Gasteiger partial charge in [0.15, 0.2) is 5.11 Å². The van der Waals surface area contributed by atoms with Gasteiger partial charge in [0.05, 0.1) is 22.7 Å². The number of thiocarbonyl (C=S) groups is 1. The summed E-state index contributed by atoms with van der Waals surface area (Å²) in [6.07, 6.45) is 5.47. The van der Waals surface area contributed by atoms with Crippen LogP contribution in [0.5, 0.6) is 0 Å². The molecule has 3 aromatic heterocycles. The fraction of sp³-hybridized carbons (Fsp3) is 0.156. The third-order valence-electron chi connectivity index (χ3n) is 7.52. The number of non-ortho nitro benzene ring substituents is 1. The monoisotopic (exact) mass is 592 g/mol. The Kier molecular flexibility index (Phi) is 7.73. The average Bonchev–Trinajstić information content (AvgIpc) is 3.49. The lowest BCUT2D eigenvalue weighted by Crippen LogP contribution is -2.29. The molecule has 0 unspecified atom stereocenters. The van der Waals surface area contributed by atoms with Gasteiger partial charge in [-0.1, -0.05) is 17.8 Å². The smallest absolute Gasteiger partial charge is 0.269 e. The molecule has 0 saturated carbocycles. The van der Waals surface area contributed by atoms with Gasteiger partial charge in [0, 0.05) is 64.1 Å². The van der Waals surface area contributed by atoms with Gasteiger partial charge in [-0.15, -0.1) is 0 Å². The minimum atomic E-state index is -0.387. The molecule has 4 heterocycles. The number of anilines is 1. The molecule has 8 nitrogen and oxygen atoms in total. The van der Waals surface area contributed by atoms with Gasteiger partial charge in [0.1, 0.15) is 0 Å². The molecule has 5 aromatic rings. The SMILES string of the molecule is Cc1cc([C@@H]2[C@@H](c3ccccn3)NC(=S)N2c2ccc(Sc3ccc([N+](=O)[O-])cc3)cc2)c(C)n1Cc1ccncc1. The molecule has 2 atom stereocenters. The maximum atomic E-state index is 11.0. The van der Waals surface area contributed by atoms with Gasteiger partial charge in [-0.3, -0.25) is 20.1 Å². The van der Waals surface area contributed by atoms with Gasteiger partial charge in [0.25, 0.3) is 5.69 Å². The molecule has 0 aliphatic carbocycles. The van der Waals surface area contributed by atoms with E-state index in [1.165, 1.54) is 34.6 Å². The molecule has 1 fully saturated rings. The van der Waals surface area contributed by atoms with E-state index in [1.54, 1.807) is 23.9 Å². The van der Waals surface area contributed by atoms with Crippen LogP contribution in [-0.2, 0) is 6.54 Å². The van der Waals surface area contributed by atoms with E-state index in [9.17, 15) is 10.1 Å². The van der Waals surface area contributed by atoms with Crippen molar-refractivity contribution in [3.63, 3.8) is 0 Å². The maximum Gasteiger partial charge on any atom is 0.269 e. The zero-order valence-corrected chi connectivity index (χ0v) is 24.7. The number of benzene rings is 2. The number of nitrogens with zero attached hydrogens (tertiary/aromatic N) is 5. The van der Waals surface area contributed by atoms with Crippen LogP contribution in [0.25, 0.3) is 0 Å². The summed E-state index contributed by atoms with van der Waals surface area (Å²) in [5.74, 6) is 0. The molecule has 0 amide bonds. The van der Waals surface area contributed by atoms with Gasteiger partial charge in [0.2, 0.25) is 0 Å². The van der Waals surface area contributed by atoms with Crippen molar-refractivity contribution in [1.82, 2.24) is 19.9 Å². The molecule has 210 valence electrons. The number of hydrogen-bond donors (Lipinski definition) is 1. The van der Waals surface area contributed by atoms with Crippen molar-refractivity contribution in [2.24, 2.45) is 0 Å². The van der Waals surface area contributed by atoms with E-state index < -0.39 is 0 Å². The van der Waals surface area contributed by atoms with E-state index in [2.05, 4.69) is 63.9 Å². The fourth-order valence-corrected chi connectivity index (χ4v) is 6.60. The van der Waals surface area contributed by atoms with Crippen molar-refractivity contribution in [2.45, 2.75) is 42.3 Å². The summed E-state index contributed by atoms with van der Waals surface area (Å²) < 4.78 is 2.34. The first-order valence-corrected chi connectivity index (χ1v) is 14.7. The summed E-state index contributed by atoms with van der Waals surface area (Å²) in [7, 11) is 0. The van der Waals surface area contributed by atoms with E-state index in [1.807, 2.05) is 48.9 Å².